The average molecular weight is 293 g/mol. The Balaban J connectivity index is 3.09. The summed E-state index contributed by atoms with van der Waals surface area (Å²) in [4.78, 5) is 20.3. The van der Waals surface area contributed by atoms with Crippen LogP contribution in [0.2, 0.25) is 0 Å². The number of carboxylic acid groups (broad SMARTS) is 1. The molecule has 0 heterocycles. The molecule has 1 rings (SSSR count). The van der Waals surface area contributed by atoms with Crippen LogP contribution in [0.15, 0.2) is 18.2 Å². The van der Waals surface area contributed by atoms with Crippen LogP contribution in [-0.2, 0) is 4.79 Å². The van der Waals surface area contributed by atoms with Crippen molar-refractivity contribution in [1.29, 1.82) is 0 Å². The van der Waals surface area contributed by atoms with E-state index in [-0.39, 0.29) is 11.3 Å². The summed E-state index contributed by atoms with van der Waals surface area (Å²) < 4.78 is 42.5. The van der Waals surface area contributed by atoms with Gasteiger partial charge in [0.05, 0.1) is 16.9 Å². The second-order valence-electron chi connectivity index (χ2n) is 3.90. The van der Waals surface area contributed by atoms with Crippen LogP contribution in [0.1, 0.15) is 12.0 Å². The molecule has 1 aromatic rings. The molecule has 0 amide bonds. The van der Waals surface area contributed by atoms with Crippen molar-refractivity contribution in [3.63, 3.8) is 0 Å². The van der Waals surface area contributed by atoms with Gasteiger partial charge in [-0.05, 0) is 13.0 Å². The van der Waals surface area contributed by atoms with Crippen LogP contribution in [0, 0.1) is 17.0 Å². The first kappa shape index (κ1) is 15.7. The van der Waals surface area contributed by atoms with Crippen molar-refractivity contribution in [2.24, 2.45) is 0 Å². The molecule has 0 bridgehead atoms. The minimum absolute atomic E-state index is 0.0999. The summed E-state index contributed by atoms with van der Waals surface area (Å²) in [5.74, 6) is -2.06. The van der Waals surface area contributed by atoms with E-state index in [1.807, 2.05) is 0 Å². The van der Waals surface area contributed by atoms with Crippen LogP contribution in [0.4, 0.5) is 18.9 Å². The van der Waals surface area contributed by atoms with Gasteiger partial charge in [-0.25, -0.2) is 0 Å². The maximum atomic E-state index is 12.6. The molecule has 0 aliphatic carbocycles. The molecule has 0 aliphatic heterocycles. The Bertz CT molecular complexity index is 529. The highest BCUT2D eigenvalue weighted by molar-refractivity contribution is 5.67. The summed E-state index contributed by atoms with van der Waals surface area (Å²) in [5.41, 5.74) is -0.504. The van der Waals surface area contributed by atoms with Crippen molar-refractivity contribution >= 4 is 11.7 Å². The first-order valence-corrected chi connectivity index (χ1v) is 5.32. The predicted octanol–water partition coefficient (Wildman–Crippen LogP) is 2.69. The molecule has 6 nitrogen and oxygen atoms in total. The molecule has 0 spiro atoms. The Morgan fingerprint density at radius 2 is 2.10 bits per heavy atom. The van der Waals surface area contributed by atoms with Crippen molar-refractivity contribution in [2.45, 2.75) is 25.6 Å². The number of hydrogen-bond acceptors (Lipinski definition) is 4. The fourth-order valence-corrected chi connectivity index (χ4v) is 1.46. The topological polar surface area (TPSA) is 89.7 Å². The summed E-state index contributed by atoms with van der Waals surface area (Å²) in [5, 5.41) is 19.1. The Hall–Kier alpha value is -2.32. The third kappa shape index (κ3) is 3.84. The lowest BCUT2D eigenvalue weighted by Gasteiger charge is -2.21. The van der Waals surface area contributed by atoms with E-state index in [1.165, 1.54) is 6.92 Å². The number of nitro benzene ring substituents is 1. The van der Waals surface area contributed by atoms with Crippen LogP contribution in [0.3, 0.4) is 0 Å². The van der Waals surface area contributed by atoms with Gasteiger partial charge in [0.2, 0.25) is 6.10 Å². The zero-order valence-electron chi connectivity index (χ0n) is 10.2. The smallest absolute Gasteiger partial charge is 0.426 e. The minimum Gasteiger partial charge on any atom is -0.481 e. The fraction of sp³-hybridized carbons (Fsp3) is 0.364. The molecule has 1 N–H and O–H groups in total. The Labute approximate surface area is 110 Å². The number of carboxylic acids is 1. The number of ether oxygens (including phenoxy) is 1. The summed E-state index contributed by atoms with van der Waals surface area (Å²) in [7, 11) is 0. The largest absolute Gasteiger partial charge is 0.481 e. The summed E-state index contributed by atoms with van der Waals surface area (Å²) in [6.07, 6.45) is -8.75. The van der Waals surface area contributed by atoms with Crippen molar-refractivity contribution in [3.05, 3.63) is 33.9 Å². The lowest BCUT2D eigenvalue weighted by Crippen LogP contribution is -2.36. The molecule has 9 heteroatoms. The van der Waals surface area contributed by atoms with Gasteiger partial charge in [0.25, 0.3) is 5.69 Å². The Morgan fingerprint density at radius 3 is 2.55 bits per heavy atom. The maximum Gasteiger partial charge on any atom is 0.426 e. The molecular weight excluding hydrogens is 283 g/mol. The van der Waals surface area contributed by atoms with Gasteiger partial charge >= 0.3 is 12.1 Å². The summed E-state index contributed by atoms with van der Waals surface area (Å²) >= 11 is 0. The lowest BCUT2D eigenvalue weighted by molar-refractivity contribution is -0.385. The molecular formula is C11H10F3NO5. The van der Waals surface area contributed by atoms with Crippen molar-refractivity contribution in [1.82, 2.24) is 0 Å². The van der Waals surface area contributed by atoms with E-state index in [0.29, 0.717) is 0 Å². The second kappa shape index (κ2) is 5.76. The average Bonchev–Trinajstić information content (AvgIpc) is 2.28. The van der Waals surface area contributed by atoms with Gasteiger partial charge in [-0.15, -0.1) is 0 Å². The van der Waals surface area contributed by atoms with Gasteiger partial charge < -0.3 is 9.84 Å². The number of carbonyl (C=O) groups is 1. The third-order valence-corrected chi connectivity index (χ3v) is 2.45. The highest BCUT2D eigenvalue weighted by Crippen LogP contribution is 2.32. The molecule has 0 aromatic heterocycles. The van der Waals surface area contributed by atoms with Crippen molar-refractivity contribution in [2.75, 3.05) is 0 Å². The molecule has 0 saturated heterocycles. The molecule has 20 heavy (non-hydrogen) atoms. The zero-order chi connectivity index (χ0) is 15.5. The third-order valence-electron chi connectivity index (χ3n) is 2.45. The van der Waals surface area contributed by atoms with Gasteiger partial charge in [0.1, 0.15) is 5.75 Å². The summed E-state index contributed by atoms with van der Waals surface area (Å²) in [6.45, 7) is 1.22. The predicted molar refractivity (Wildman–Crippen MR) is 60.6 cm³/mol. The molecule has 0 radical (unpaired) electrons. The first-order valence-electron chi connectivity index (χ1n) is 5.32. The number of hydrogen-bond donors (Lipinski definition) is 1. The van der Waals surface area contributed by atoms with E-state index < -0.39 is 35.3 Å². The monoisotopic (exact) mass is 293 g/mol. The first-order chi connectivity index (χ1) is 9.12. The highest BCUT2D eigenvalue weighted by atomic mass is 19.4. The summed E-state index contributed by atoms with van der Waals surface area (Å²) in [6, 6.07) is 3.39. The van der Waals surface area contributed by atoms with Gasteiger partial charge in [-0.1, -0.05) is 6.07 Å². The number of benzene rings is 1. The molecule has 0 saturated carbocycles. The minimum atomic E-state index is -4.89. The molecule has 1 unspecified atom stereocenters. The number of nitro groups is 1. The quantitative estimate of drug-likeness (QED) is 0.666. The van der Waals surface area contributed by atoms with E-state index in [4.69, 9.17) is 5.11 Å². The maximum absolute atomic E-state index is 12.6. The number of halogens is 3. The van der Waals surface area contributed by atoms with E-state index in [9.17, 15) is 28.1 Å². The zero-order valence-corrected chi connectivity index (χ0v) is 10.2. The van der Waals surface area contributed by atoms with Crippen LogP contribution in [-0.4, -0.2) is 28.3 Å². The van der Waals surface area contributed by atoms with Gasteiger partial charge in [0.15, 0.2) is 0 Å². The number of nitrogens with zero attached hydrogens (tertiary/aromatic N) is 1. The molecule has 1 atom stereocenters. The van der Waals surface area contributed by atoms with E-state index in [0.717, 1.165) is 18.2 Å². The number of rotatable bonds is 5. The van der Waals surface area contributed by atoms with Crippen LogP contribution < -0.4 is 4.74 Å². The molecule has 0 aliphatic rings. The highest BCUT2D eigenvalue weighted by Gasteiger charge is 2.43. The van der Waals surface area contributed by atoms with Crippen molar-refractivity contribution in [3.8, 4) is 5.75 Å². The Morgan fingerprint density at radius 1 is 1.50 bits per heavy atom. The Kier molecular flexibility index (Phi) is 4.53. The van der Waals surface area contributed by atoms with E-state index in [2.05, 4.69) is 4.74 Å². The molecule has 0 fully saturated rings. The van der Waals surface area contributed by atoms with Crippen molar-refractivity contribution < 1.29 is 32.7 Å². The van der Waals surface area contributed by atoms with Crippen LogP contribution in [0.25, 0.3) is 0 Å². The van der Waals surface area contributed by atoms with Gasteiger partial charge in [-0.2, -0.15) is 13.2 Å². The van der Waals surface area contributed by atoms with Crippen LogP contribution in [0.5, 0.6) is 5.75 Å². The van der Waals surface area contributed by atoms with Gasteiger partial charge in [-0.3, -0.25) is 14.9 Å². The fourth-order valence-electron chi connectivity index (χ4n) is 1.46. The van der Waals surface area contributed by atoms with E-state index >= 15 is 0 Å². The number of aliphatic carboxylic acids is 1. The normalized spacial score (nSPS) is 12.8. The SMILES string of the molecule is Cc1c(OC(CC(=O)O)C(F)(F)F)cccc1[N+](=O)[O-]. The van der Waals surface area contributed by atoms with Gasteiger partial charge in [0, 0.05) is 6.07 Å². The molecule has 1 aromatic carbocycles. The molecule has 110 valence electrons. The van der Waals surface area contributed by atoms with E-state index in [1.54, 1.807) is 0 Å². The second-order valence-corrected chi connectivity index (χ2v) is 3.90. The number of alkyl halides is 3. The lowest BCUT2D eigenvalue weighted by atomic mass is 10.1. The van der Waals surface area contributed by atoms with Crippen LogP contribution >= 0.6 is 0 Å². The standard InChI is InChI=1S/C11H10F3NO5/c1-6-7(15(18)19)3-2-4-8(6)20-9(5-10(16)17)11(12,13)14/h2-4,9H,5H2,1H3,(H,16,17).